The summed E-state index contributed by atoms with van der Waals surface area (Å²) in [6.45, 7) is 7.14. The highest BCUT2D eigenvalue weighted by atomic mass is 35.5. The zero-order chi connectivity index (χ0) is 17.3. The zero-order valence-corrected chi connectivity index (χ0v) is 15.5. The molecule has 1 atom stereocenters. The first kappa shape index (κ1) is 17.0. The van der Waals surface area contributed by atoms with Gasteiger partial charge < -0.3 is 9.88 Å². The van der Waals surface area contributed by atoms with E-state index in [1.165, 1.54) is 19.3 Å². The number of aryl methyl sites for hydroxylation is 1. The molecular weight excluding hydrogens is 334 g/mol. The van der Waals surface area contributed by atoms with E-state index in [9.17, 15) is 0 Å². The Labute approximate surface area is 154 Å². The molecule has 1 saturated carbocycles. The van der Waals surface area contributed by atoms with Crippen molar-refractivity contribution in [3.05, 3.63) is 47.3 Å². The lowest BCUT2D eigenvalue weighted by Gasteiger charge is -2.29. The molecule has 0 radical (unpaired) electrons. The summed E-state index contributed by atoms with van der Waals surface area (Å²) in [6, 6.07) is 2.67. The number of nitrogens with one attached hydrogen (secondary N) is 1. The van der Waals surface area contributed by atoms with Crippen molar-refractivity contribution in [2.45, 2.75) is 51.9 Å². The molecule has 0 amide bonds. The topological polar surface area (TPSA) is 46.0 Å². The van der Waals surface area contributed by atoms with Crippen molar-refractivity contribution in [1.82, 2.24) is 24.8 Å². The van der Waals surface area contributed by atoms with Crippen molar-refractivity contribution in [2.75, 3.05) is 13.1 Å². The van der Waals surface area contributed by atoms with Crippen LogP contribution >= 0.6 is 11.6 Å². The molecule has 2 fully saturated rings. The molecule has 6 heteroatoms. The third-order valence-electron chi connectivity index (χ3n) is 5.90. The van der Waals surface area contributed by atoms with Crippen LogP contribution in [0.4, 0.5) is 0 Å². The lowest BCUT2D eigenvalue weighted by molar-refractivity contribution is 0.182. The van der Waals surface area contributed by atoms with Gasteiger partial charge in [-0.15, -0.1) is 0 Å². The van der Waals surface area contributed by atoms with Gasteiger partial charge in [0.1, 0.15) is 5.82 Å². The number of aromatic nitrogens is 3. The maximum atomic E-state index is 6.39. The van der Waals surface area contributed by atoms with Gasteiger partial charge >= 0.3 is 0 Å². The molecule has 1 N–H and O–H groups in total. The first-order valence-electron chi connectivity index (χ1n) is 9.25. The Bertz CT molecular complexity index is 722. The van der Waals surface area contributed by atoms with Gasteiger partial charge in [-0.1, -0.05) is 11.6 Å². The van der Waals surface area contributed by atoms with E-state index in [1.54, 1.807) is 6.20 Å². The average molecular weight is 360 g/mol. The number of pyridine rings is 1. The number of hydrogen-bond acceptors (Lipinski definition) is 4. The average Bonchev–Trinajstić information content (AvgIpc) is 3.12. The monoisotopic (exact) mass is 359 g/mol. The summed E-state index contributed by atoms with van der Waals surface area (Å²) in [5.41, 5.74) is 1.65. The standard InChI is InChI=1S/C19H26ClN5/c1-2-24-10-9-23-18(24)14-25(13-15-3-6-22-12-16(15)20)17-11-19(17)4-7-21-8-5-19/h3,6,9-10,12,17,21H,2,4-5,7-8,11,13-14H2,1H3. The van der Waals surface area contributed by atoms with E-state index >= 15 is 0 Å². The Morgan fingerprint density at radius 2 is 2.16 bits per heavy atom. The summed E-state index contributed by atoms with van der Waals surface area (Å²) < 4.78 is 2.23. The van der Waals surface area contributed by atoms with Crippen LogP contribution in [0.15, 0.2) is 30.9 Å². The fourth-order valence-electron chi connectivity index (χ4n) is 4.29. The van der Waals surface area contributed by atoms with Crippen LogP contribution in [0, 0.1) is 5.41 Å². The van der Waals surface area contributed by atoms with Crippen LogP contribution in [0.1, 0.15) is 37.6 Å². The third-order valence-corrected chi connectivity index (χ3v) is 6.24. The van der Waals surface area contributed by atoms with Crippen molar-refractivity contribution >= 4 is 11.6 Å². The summed E-state index contributed by atoms with van der Waals surface area (Å²) in [7, 11) is 0. The summed E-state index contributed by atoms with van der Waals surface area (Å²) in [6.07, 6.45) is 11.4. The van der Waals surface area contributed by atoms with Crippen LogP contribution < -0.4 is 5.32 Å². The number of rotatable bonds is 6. The maximum Gasteiger partial charge on any atom is 0.122 e. The highest BCUT2D eigenvalue weighted by Gasteiger charge is 2.56. The Balaban J connectivity index is 1.56. The number of hydrogen-bond donors (Lipinski definition) is 1. The molecule has 1 saturated heterocycles. The molecule has 1 aliphatic heterocycles. The van der Waals surface area contributed by atoms with Gasteiger partial charge in [0.15, 0.2) is 0 Å². The van der Waals surface area contributed by atoms with Crippen molar-refractivity contribution in [3.63, 3.8) is 0 Å². The van der Waals surface area contributed by atoms with Crippen molar-refractivity contribution in [2.24, 2.45) is 5.41 Å². The summed E-state index contributed by atoms with van der Waals surface area (Å²) in [5, 5.41) is 4.25. The lowest BCUT2D eigenvalue weighted by Crippen LogP contribution is -2.36. The van der Waals surface area contributed by atoms with Crippen LogP contribution in [0.25, 0.3) is 0 Å². The summed E-state index contributed by atoms with van der Waals surface area (Å²) in [5.74, 6) is 1.14. The minimum Gasteiger partial charge on any atom is -0.334 e. The van der Waals surface area contributed by atoms with Crippen LogP contribution in [0.3, 0.4) is 0 Å². The van der Waals surface area contributed by atoms with Crippen LogP contribution in [-0.2, 0) is 19.6 Å². The van der Waals surface area contributed by atoms with Gasteiger partial charge in [-0.05, 0) is 56.3 Å². The molecule has 0 aromatic carbocycles. The second-order valence-electron chi connectivity index (χ2n) is 7.33. The van der Waals surface area contributed by atoms with Gasteiger partial charge in [-0.2, -0.15) is 0 Å². The number of halogens is 1. The van der Waals surface area contributed by atoms with E-state index in [4.69, 9.17) is 11.6 Å². The van der Waals surface area contributed by atoms with E-state index in [-0.39, 0.29) is 0 Å². The first-order valence-corrected chi connectivity index (χ1v) is 9.63. The van der Waals surface area contributed by atoms with Gasteiger partial charge in [-0.25, -0.2) is 4.98 Å². The zero-order valence-electron chi connectivity index (χ0n) is 14.8. The molecule has 1 unspecified atom stereocenters. The Hall–Kier alpha value is -1.43. The highest BCUT2D eigenvalue weighted by molar-refractivity contribution is 6.31. The van der Waals surface area contributed by atoms with Crippen LogP contribution in [0.5, 0.6) is 0 Å². The largest absolute Gasteiger partial charge is 0.334 e. The molecule has 2 aliphatic rings. The molecule has 25 heavy (non-hydrogen) atoms. The predicted molar refractivity (Wildman–Crippen MR) is 99.3 cm³/mol. The molecule has 2 aromatic heterocycles. The SMILES string of the molecule is CCn1ccnc1CN(Cc1ccncc1Cl)C1CC12CCNCC2. The Morgan fingerprint density at radius 3 is 2.92 bits per heavy atom. The molecule has 134 valence electrons. The fraction of sp³-hybridized carbons (Fsp3) is 0.579. The molecule has 2 aromatic rings. The molecule has 0 bridgehead atoms. The van der Waals surface area contributed by atoms with Gasteiger partial charge in [-0.3, -0.25) is 9.88 Å². The molecule has 1 spiro atoms. The number of piperidine rings is 1. The van der Waals surface area contributed by atoms with E-state index in [0.717, 1.165) is 49.1 Å². The van der Waals surface area contributed by atoms with Gasteiger partial charge in [0.05, 0.1) is 11.6 Å². The fourth-order valence-corrected chi connectivity index (χ4v) is 4.47. The Morgan fingerprint density at radius 1 is 1.32 bits per heavy atom. The van der Waals surface area contributed by atoms with E-state index < -0.39 is 0 Å². The third kappa shape index (κ3) is 3.46. The van der Waals surface area contributed by atoms with E-state index in [0.29, 0.717) is 11.5 Å². The number of imidazole rings is 1. The van der Waals surface area contributed by atoms with Crippen LogP contribution in [0.2, 0.25) is 5.02 Å². The molecule has 5 nitrogen and oxygen atoms in total. The summed E-state index contributed by atoms with van der Waals surface area (Å²) >= 11 is 6.39. The highest BCUT2D eigenvalue weighted by Crippen LogP contribution is 2.56. The normalized spacial score (nSPS) is 21.8. The Kier molecular flexibility index (Phi) is 4.80. The van der Waals surface area contributed by atoms with Crippen molar-refractivity contribution in [1.29, 1.82) is 0 Å². The second-order valence-corrected chi connectivity index (χ2v) is 7.74. The molecular formula is C19H26ClN5. The number of nitrogens with zero attached hydrogens (tertiary/aromatic N) is 4. The first-order chi connectivity index (χ1) is 12.2. The van der Waals surface area contributed by atoms with Crippen LogP contribution in [-0.4, -0.2) is 38.6 Å². The molecule has 3 heterocycles. The quantitative estimate of drug-likeness (QED) is 0.860. The van der Waals surface area contributed by atoms with E-state index in [1.807, 2.05) is 18.5 Å². The van der Waals surface area contributed by atoms with Crippen molar-refractivity contribution < 1.29 is 0 Å². The second kappa shape index (κ2) is 7.06. The van der Waals surface area contributed by atoms with Crippen molar-refractivity contribution in [3.8, 4) is 0 Å². The summed E-state index contributed by atoms with van der Waals surface area (Å²) in [4.78, 5) is 11.3. The van der Waals surface area contributed by atoms with Gasteiger partial charge in [0, 0.05) is 43.9 Å². The molecule has 4 rings (SSSR count). The predicted octanol–water partition coefficient (Wildman–Crippen LogP) is 3.10. The lowest BCUT2D eigenvalue weighted by atomic mass is 9.93. The van der Waals surface area contributed by atoms with E-state index in [2.05, 4.69) is 37.9 Å². The van der Waals surface area contributed by atoms with Gasteiger partial charge in [0.25, 0.3) is 0 Å². The van der Waals surface area contributed by atoms with Gasteiger partial charge in [0.2, 0.25) is 0 Å². The minimum atomic E-state index is 0.494. The smallest absolute Gasteiger partial charge is 0.122 e. The minimum absolute atomic E-state index is 0.494. The maximum absolute atomic E-state index is 6.39. The molecule has 1 aliphatic carbocycles.